The third-order valence-electron chi connectivity index (χ3n) is 3.54. The lowest BCUT2D eigenvalue weighted by molar-refractivity contribution is -0.120. The standard InChI is InChI=1S/C19H20N4O2S/c1-13-8-14(2)10-16(9-13)25-7-6-20-17(24)11-15-12-26-19(23-15)18-21-4-3-5-22-18/h3-5,8-10,12H,6-7,11H2,1-2H3,(H,20,24). The first-order valence-corrected chi connectivity index (χ1v) is 9.18. The Balaban J connectivity index is 1.44. The van der Waals surface area contributed by atoms with E-state index in [0.717, 1.165) is 16.9 Å². The van der Waals surface area contributed by atoms with Crippen LogP contribution in [-0.4, -0.2) is 34.0 Å². The molecule has 3 aromatic rings. The lowest BCUT2D eigenvalue weighted by Crippen LogP contribution is -2.29. The molecule has 134 valence electrons. The summed E-state index contributed by atoms with van der Waals surface area (Å²) in [7, 11) is 0. The van der Waals surface area contributed by atoms with Gasteiger partial charge in [-0.05, 0) is 43.2 Å². The molecule has 1 N–H and O–H groups in total. The summed E-state index contributed by atoms with van der Waals surface area (Å²) in [4.78, 5) is 24.8. The average Bonchev–Trinajstić information content (AvgIpc) is 3.07. The van der Waals surface area contributed by atoms with Crippen LogP contribution in [0.4, 0.5) is 0 Å². The zero-order valence-corrected chi connectivity index (χ0v) is 15.5. The Hall–Kier alpha value is -2.80. The molecule has 1 amide bonds. The Morgan fingerprint density at radius 3 is 2.62 bits per heavy atom. The summed E-state index contributed by atoms with van der Waals surface area (Å²) in [5.41, 5.74) is 3.03. The van der Waals surface area contributed by atoms with E-state index in [1.807, 2.05) is 31.4 Å². The van der Waals surface area contributed by atoms with Crippen LogP contribution in [0.1, 0.15) is 16.8 Å². The van der Waals surface area contributed by atoms with Crippen LogP contribution in [-0.2, 0) is 11.2 Å². The van der Waals surface area contributed by atoms with Crippen molar-refractivity contribution in [2.24, 2.45) is 0 Å². The molecule has 0 bridgehead atoms. The number of aromatic nitrogens is 3. The molecule has 0 unspecified atom stereocenters. The number of rotatable bonds is 7. The first kappa shape index (κ1) is 18.0. The van der Waals surface area contributed by atoms with Crippen LogP contribution in [0.2, 0.25) is 0 Å². The van der Waals surface area contributed by atoms with Crippen LogP contribution < -0.4 is 10.1 Å². The van der Waals surface area contributed by atoms with E-state index in [0.29, 0.717) is 29.7 Å². The van der Waals surface area contributed by atoms with Crippen molar-refractivity contribution in [3.63, 3.8) is 0 Å². The molecule has 0 aliphatic heterocycles. The fraction of sp³-hybridized carbons (Fsp3) is 0.263. The van der Waals surface area contributed by atoms with Crippen molar-refractivity contribution in [3.8, 4) is 16.6 Å². The number of benzene rings is 1. The molecule has 0 saturated carbocycles. The molecule has 26 heavy (non-hydrogen) atoms. The smallest absolute Gasteiger partial charge is 0.226 e. The summed E-state index contributed by atoms with van der Waals surface area (Å²) in [6.07, 6.45) is 3.57. The predicted octanol–water partition coefficient (Wildman–Crippen LogP) is 2.95. The molecule has 2 heterocycles. The van der Waals surface area contributed by atoms with Crippen LogP contribution in [0.15, 0.2) is 42.0 Å². The van der Waals surface area contributed by atoms with Gasteiger partial charge < -0.3 is 10.1 Å². The van der Waals surface area contributed by atoms with Crippen molar-refractivity contribution in [2.45, 2.75) is 20.3 Å². The van der Waals surface area contributed by atoms with Gasteiger partial charge in [0.05, 0.1) is 18.7 Å². The quantitative estimate of drug-likeness (QED) is 0.649. The Labute approximate surface area is 156 Å². The third-order valence-corrected chi connectivity index (χ3v) is 4.43. The Morgan fingerprint density at radius 2 is 1.88 bits per heavy atom. The Kier molecular flexibility index (Phi) is 5.91. The van der Waals surface area contributed by atoms with Crippen LogP contribution in [0.25, 0.3) is 10.8 Å². The van der Waals surface area contributed by atoms with Crippen molar-refractivity contribution in [2.75, 3.05) is 13.2 Å². The van der Waals surface area contributed by atoms with Crippen LogP contribution in [0, 0.1) is 13.8 Å². The van der Waals surface area contributed by atoms with Gasteiger partial charge in [0.15, 0.2) is 10.8 Å². The zero-order chi connectivity index (χ0) is 18.4. The van der Waals surface area contributed by atoms with Crippen molar-refractivity contribution in [1.82, 2.24) is 20.3 Å². The van der Waals surface area contributed by atoms with E-state index in [2.05, 4.69) is 26.3 Å². The molecule has 1 aromatic carbocycles. The number of aryl methyl sites for hydroxylation is 2. The van der Waals surface area contributed by atoms with Crippen LogP contribution in [0.5, 0.6) is 5.75 Å². The van der Waals surface area contributed by atoms with Crippen LogP contribution >= 0.6 is 11.3 Å². The van der Waals surface area contributed by atoms with Gasteiger partial charge in [-0.15, -0.1) is 11.3 Å². The van der Waals surface area contributed by atoms with Gasteiger partial charge >= 0.3 is 0 Å². The summed E-state index contributed by atoms with van der Waals surface area (Å²) in [6.45, 7) is 4.94. The van der Waals surface area contributed by atoms with Gasteiger partial charge in [0.1, 0.15) is 12.4 Å². The van der Waals surface area contributed by atoms with Gasteiger partial charge in [-0.1, -0.05) is 6.07 Å². The first-order valence-electron chi connectivity index (χ1n) is 8.30. The molecule has 0 aliphatic carbocycles. The van der Waals surface area contributed by atoms with E-state index in [1.165, 1.54) is 11.3 Å². The van der Waals surface area contributed by atoms with Gasteiger partial charge in [0.2, 0.25) is 5.91 Å². The molecule has 0 spiro atoms. The Morgan fingerprint density at radius 1 is 1.15 bits per heavy atom. The largest absolute Gasteiger partial charge is 0.492 e. The molecular weight excluding hydrogens is 348 g/mol. The SMILES string of the molecule is Cc1cc(C)cc(OCCNC(=O)Cc2csc(-c3ncccn3)n2)c1. The minimum Gasteiger partial charge on any atom is -0.492 e. The molecule has 0 aliphatic rings. The van der Waals surface area contributed by atoms with Crippen LogP contribution in [0.3, 0.4) is 0 Å². The molecule has 0 atom stereocenters. The number of carbonyl (C=O) groups is 1. The highest BCUT2D eigenvalue weighted by Crippen LogP contribution is 2.19. The average molecular weight is 368 g/mol. The predicted molar refractivity (Wildman–Crippen MR) is 101 cm³/mol. The molecule has 6 nitrogen and oxygen atoms in total. The second-order valence-corrected chi connectivity index (χ2v) is 6.77. The molecule has 2 aromatic heterocycles. The molecular formula is C19H20N4O2S. The number of hydrogen-bond acceptors (Lipinski definition) is 6. The Bertz CT molecular complexity index is 860. The van der Waals surface area contributed by atoms with Gasteiger partial charge in [0, 0.05) is 17.8 Å². The number of nitrogens with zero attached hydrogens (tertiary/aromatic N) is 3. The van der Waals surface area contributed by atoms with E-state index >= 15 is 0 Å². The second-order valence-electron chi connectivity index (χ2n) is 5.92. The minimum atomic E-state index is -0.0835. The van der Waals surface area contributed by atoms with E-state index in [4.69, 9.17) is 4.74 Å². The van der Waals surface area contributed by atoms with E-state index in [1.54, 1.807) is 18.5 Å². The van der Waals surface area contributed by atoms with Crippen molar-refractivity contribution >= 4 is 17.2 Å². The number of thiazole rings is 1. The third kappa shape index (κ3) is 5.10. The highest BCUT2D eigenvalue weighted by molar-refractivity contribution is 7.13. The zero-order valence-electron chi connectivity index (χ0n) is 14.7. The number of carbonyl (C=O) groups excluding carboxylic acids is 1. The maximum absolute atomic E-state index is 12.0. The molecule has 0 saturated heterocycles. The normalized spacial score (nSPS) is 10.5. The summed E-state index contributed by atoms with van der Waals surface area (Å²) in [5, 5.41) is 5.42. The van der Waals surface area contributed by atoms with Gasteiger partial charge in [-0.2, -0.15) is 0 Å². The summed E-state index contributed by atoms with van der Waals surface area (Å²) >= 11 is 1.43. The fourth-order valence-corrected chi connectivity index (χ4v) is 3.27. The fourth-order valence-electron chi connectivity index (χ4n) is 2.50. The second kappa shape index (κ2) is 8.53. The molecule has 0 fully saturated rings. The van der Waals surface area contributed by atoms with Crippen molar-refractivity contribution in [1.29, 1.82) is 0 Å². The molecule has 0 radical (unpaired) electrons. The van der Waals surface area contributed by atoms with E-state index in [9.17, 15) is 4.79 Å². The maximum atomic E-state index is 12.0. The van der Waals surface area contributed by atoms with E-state index in [-0.39, 0.29) is 12.3 Å². The first-order chi connectivity index (χ1) is 12.6. The number of amides is 1. The van der Waals surface area contributed by atoms with E-state index < -0.39 is 0 Å². The highest BCUT2D eigenvalue weighted by Gasteiger charge is 2.10. The summed E-state index contributed by atoms with van der Waals surface area (Å²) in [5.74, 6) is 1.31. The van der Waals surface area contributed by atoms with Crippen molar-refractivity contribution < 1.29 is 9.53 Å². The summed E-state index contributed by atoms with van der Waals surface area (Å²) < 4.78 is 5.69. The lowest BCUT2D eigenvalue weighted by atomic mass is 10.1. The molecule has 3 rings (SSSR count). The number of nitrogens with one attached hydrogen (secondary N) is 1. The maximum Gasteiger partial charge on any atom is 0.226 e. The van der Waals surface area contributed by atoms with Gasteiger partial charge in [0.25, 0.3) is 0 Å². The lowest BCUT2D eigenvalue weighted by Gasteiger charge is -2.09. The monoisotopic (exact) mass is 368 g/mol. The van der Waals surface area contributed by atoms with Gasteiger partial charge in [-0.25, -0.2) is 15.0 Å². The summed E-state index contributed by atoms with van der Waals surface area (Å²) in [6, 6.07) is 7.82. The minimum absolute atomic E-state index is 0.0835. The van der Waals surface area contributed by atoms with Crippen molar-refractivity contribution in [3.05, 3.63) is 58.9 Å². The molecule has 7 heteroatoms. The topological polar surface area (TPSA) is 77.0 Å². The number of hydrogen-bond donors (Lipinski definition) is 1. The number of ether oxygens (including phenoxy) is 1. The van der Waals surface area contributed by atoms with Gasteiger partial charge in [-0.3, -0.25) is 4.79 Å². The highest BCUT2D eigenvalue weighted by atomic mass is 32.1.